The van der Waals surface area contributed by atoms with Gasteiger partial charge in [-0.25, -0.2) is 0 Å². The van der Waals surface area contributed by atoms with Crippen LogP contribution in [-0.4, -0.2) is 11.4 Å². The summed E-state index contributed by atoms with van der Waals surface area (Å²) in [6, 6.07) is 3.51. The fraction of sp³-hybridized carbons (Fsp3) is 0.286. The molecule has 0 radical (unpaired) electrons. The molecule has 1 aromatic heterocycles. The molecule has 1 rings (SSSR count). The quantitative estimate of drug-likeness (QED) is 0.503. The van der Waals surface area contributed by atoms with Crippen molar-refractivity contribution >= 4 is 17.1 Å². The third-order valence-corrected chi connectivity index (χ3v) is 2.10. The smallest absolute Gasteiger partial charge is 0.206 e. The fourth-order valence-electron chi connectivity index (χ4n) is 0.673. The zero-order valence-corrected chi connectivity index (χ0v) is 7.02. The standard InChI is InChI=1S/C7H10N2OS/c1-7(8,9)6(10)5-3-2-4-11-5/h2-4H,8-9H2,1H3. The molecule has 60 valence electrons. The Balaban J connectivity index is 2.88. The molecule has 0 aliphatic carbocycles. The Labute approximate surface area is 69.0 Å². The van der Waals surface area contributed by atoms with E-state index in [1.54, 1.807) is 12.1 Å². The van der Waals surface area contributed by atoms with Crippen LogP contribution in [0.4, 0.5) is 0 Å². The summed E-state index contributed by atoms with van der Waals surface area (Å²) in [5.41, 5.74) is 9.57. The molecule has 0 atom stereocenters. The Morgan fingerprint density at radius 2 is 2.27 bits per heavy atom. The van der Waals surface area contributed by atoms with E-state index in [1.165, 1.54) is 18.3 Å². The molecule has 0 saturated heterocycles. The maximum Gasteiger partial charge on any atom is 0.206 e. The number of hydrogen-bond donors (Lipinski definition) is 2. The molecule has 0 bridgehead atoms. The molecule has 4 N–H and O–H groups in total. The van der Waals surface area contributed by atoms with Crippen LogP contribution in [0, 0.1) is 0 Å². The Bertz CT molecular complexity index is 248. The molecule has 0 spiro atoms. The normalized spacial score (nSPS) is 11.5. The minimum atomic E-state index is -1.25. The van der Waals surface area contributed by atoms with Crippen LogP contribution in [0.15, 0.2) is 17.5 Å². The predicted octanol–water partition coefficient (Wildman–Crippen LogP) is 0.564. The molecule has 1 heterocycles. The van der Waals surface area contributed by atoms with Crippen molar-refractivity contribution in [2.45, 2.75) is 12.6 Å². The lowest BCUT2D eigenvalue weighted by Crippen LogP contribution is -2.53. The lowest BCUT2D eigenvalue weighted by molar-refractivity contribution is 0.0909. The van der Waals surface area contributed by atoms with Gasteiger partial charge in [0.25, 0.3) is 0 Å². The molecule has 0 aliphatic rings. The number of rotatable bonds is 2. The Hall–Kier alpha value is -0.710. The molecule has 0 saturated carbocycles. The predicted molar refractivity (Wildman–Crippen MR) is 45.4 cm³/mol. The highest BCUT2D eigenvalue weighted by molar-refractivity contribution is 7.12. The fourth-order valence-corrected chi connectivity index (χ4v) is 1.46. The summed E-state index contributed by atoms with van der Waals surface area (Å²) in [4.78, 5) is 11.9. The van der Waals surface area contributed by atoms with Gasteiger partial charge in [0.15, 0.2) is 0 Å². The van der Waals surface area contributed by atoms with Crippen LogP contribution in [0.5, 0.6) is 0 Å². The van der Waals surface area contributed by atoms with Crippen LogP contribution in [0.3, 0.4) is 0 Å². The van der Waals surface area contributed by atoms with Crippen molar-refractivity contribution in [2.75, 3.05) is 0 Å². The number of ketones is 1. The van der Waals surface area contributed by atoms with Gasteiger partial charge in [0, 0.05) is 0 Å². The van der Waals surface area contributed by atoms with E-state index in [2.05, 4.69) is 0 Å². The number of thiophene rings is 1. The Kier molecular flexibility index (Phi) is 2.08. The van der Waals surface area contributed by atoms with Crippen molar-refractivity contribution in [3.63, 3.8) is 0 Å². The van der Waals surface area contributed by atoms with E-state index in [9.17, 15) is 4.79 Å². The van der Waals surface area contributed by atoms with Gasteiger partial charge in [0.05, 0.1) is 4.88 Å². The SMILES string of the molecule is CC(N)(N)C(=O)c1cccs1. The zero-order chi connectivity index (χ0) is 8.48. The van der Waals surface area contributed by atoms with Gasteiger partial charge in [-0.15, -0.1) is 11.3 Å². The summed E-state index contributed by atoms with van der Waals surface area (Å²) in [7, 11) is 0. The summed E-state index contributed by atoms with van der Waals surface area (Å²) in [6.07, 6.45) is 0. The van der Waals surface area contributed by atoms with E-state index in [0.717, 1.165) is 0 Å². The van der Waals surface area contributed by atoms with Gasteiger partial charge in [0.1, 0.15) is 5.66 Å². The summed E-state index contributed by atoms with van der Waals surface area (Å²) in [5, 5.41) is 1.82. The van der Waals surface area contributed by atoms with Gasteiger partial charge >= 0.3 is 0 Å². The monoisotopic (exact) mass is 170 g/mol. The van der Waals surface area contributed by atoms with Gasteiger partial charge in [0.2, 0.25) is 5.78 Å². The van der Waals surface area contributed by atoms with Crippen molar-refractivity contribution in [3.05, 3.63) is 22.4 Å². The van der Waals surface area contributed by atoms with E-state index in [1.807, 2.05) is 5.38 Å². The molecule has 11 heavy (non-hydrogen) atoms. The van der Waals surface area contributed by atoms with Crippen LogP contribution in [0.1, 0.15) is 16.6 Å². The van der Waals surface area contributed by atoms with Gasteiger partial charge in [-0.2, -0.15) is 0 Å². The average Bonchev–Trinajstić information content (AvgIpc) is 2.34. The second kappa shape index (κ2) is 2.73. The molecular weight excluding hydrogens is 160 g/mol. The first-order valence-electron chi connectivity index (χ1n) is 3.18. The lowest BCUT2D eigenvalue weighted by atomic mass is 10.1. The molecule has 0 unspecified atom stereocenters. The van der Waals surface area contributed by atoms with Crippen LogP contribution in [0.25, 0.3) is 0 Å². The third-order valence-electron chi connectivity index (χ3n) is 1.23. The molecule has 4 heteroatoms. The topological polar surface area (TPSA) is 69.1 Å². The molecular formula is C7H10N2OS. The first-order valence-corrected chi connectivity index (χ1v) is 4.06. The second-order valence-corrected chi connectivity index (χ2v) is 3.54. The first-order chi connectivity index (χ1) is 5.02. The number of hydrogen-bond acceptors (Lipinski definition) is 4. The molecule has 3 nitrogen and oxygen atoms in total. The third kappa shape index (κ3) is 1.86. The maximum absolute atomic E-state index is 11.3. The molecule has 1 aromatic rings. The Morgan fingerprint density at radius 3 is 2.64 bits per heavy atom. The average molecular weight is 170 g/mol. The highest BCUT2D eigenvalue weighted by atomic mass is 32.1. The molecule has 0 aromatic carbocycles. The van der Waals surface area contributed by atoms with Gasteiger partial charge in [-0.05, 0) is 18.4 Å². The van der Waals surface area contributed by atoms with Gasteiger partial charge in [-0.3, -0.25) is 4.79 Å². The zero-order valence-electron chi connectivity index (χ0n) is 6.20. The van der Waals surface area contributed by atoms with E-state index < -0.39 is 5.66 Å². The van der Waals surface area contributed by atoms with E-state index >= 15 is 0 Å². The second-order valence-electron chi connectivity index (χ2n) is 2.59. The Morgan fingerprint density at radius 1 is 1.64 bits per heavy atom. The molecule has 0 aliphatic heterocycles. The van der Waals surface area contributed by atoms with Crippen molar-refractivity contribution in [3.8, 4) is 0 Å². The summed E-state index contributed by atoms with van der Waals surface area (Å²) in [6.45, 7) is 1.50. The van der Waals surface area contributed by atoms with Crippen molar-refractivity contribution < 1.29 is 4.79 Å². The summed E-state index contributed by atoms with van der Waals surface area (Å²) in [5.74, 6) is -0.215. The maximum atomic E-state index is 11.3. The van der Waals surface area contributed by atoms with Crippen molar-refractivity contribution in [1.29, 1.82) is 0 Å². The molecule has 0 fully saturated rings. The summed E-state index contributed by atoms with van der Waals surface area (Å²) < 4.78 is 0. The number of carbonyl (C=O) groups excluding carboxylic acids is 1. The van der Waals surface area contributed by atoms with Gasteiger partial charge in [-0.1, -0.05) is 6.07 Å². The van der Waals surface area contributed by atoms with E-state index in [-0.39, 0.29) is 5.78 Å². The van der Waals surface area contributed by atoms with Crippen LogP contribution >= 0.6 is 11.3 Å². The largest absolute Gasteiger partial charge is 0.307 e. The highest BCUT2D eigenvalue weighted by Crippen LogP contribution is 2.12. The van der Waals surface area contributed by atoms with Gasteiger partial charge < -0.3 is 11.5 Å². The van der Waals surface area contributed by atoms with Crippen LogP contribution in [0.2, 0.25) is 0 Å². The van der Waals surface area contributed by atoms with Crippen LogP contribution in [-0.2, 0) is 0 Å². The lowest BCUT2D eigenvalue weighted by Gasteiger charge is -2.14. The van der Waals surface area contributed by atoms with E-state index in [4.69, 9.17) is 11.5 Å². The van der Waals surface area contributed by atoms with Crippen molar-refractivity contribution in [2.24, 2.45) is 11.5 Å². The number of Topliss-reactive ketones (excluding diaryl/α,β-unsaturated/α-hetero) is 1. The minimum absolute atomic E-state index is 0.215. The number of nitrogens with two attached hydrogens (primary N) is 2. The first kappa shape index (κ1) is 8.39. The molecule has 0 amide bonds. The highest BCUT2D eigenvalue weighted by Gasteiger charge is 2.24. The summed E-state index contributed by atoms with van der Waals surface area (Å²) >= 11 is 1.35. The van der Waals surface area contributed by atoms with E-state index in [0.29, 0.717) is 4.88 Å². The van der Waals surface area contributed by atoms with Crippen LogP contribution < -0.4 is 11.5 Å². The van der Waals surface area contributed by atoms with Crippen molar-refractivity contribution in [1.82, 2.24) is 0 Å². The number of carbonyl (C=O) groups is 1. The minimum Gasteiger partial charge on any atom is -0.307 e.